The third kappa shape index (κ3) is 5.98. The molecule has 0 saturated carbocycles. The van der Waals surface area contributed by atoms with Crippen LogP contribution in [-0.4, -0.2) is 37.0 Å². The molecule has 0 aliphatic carbocycles. The molecule has 0 unspecified atom stereocenters. The van der Waals surface area contributed by atoms with Crippen LogP contribution in [0.15, 0.2) is 48.5 Å². The van der Waals surface area contributed by atoms with Crippen molar-refractivity contribution < 1.29 is 19.1 Å². The molecule has 29 heavy (non-hydrogen) atoms. The van der Waals surface area contributed by atoms with Crippen LogP contribution < -0.4 is 14.8 Å². The Morgan fingerprint density at radius 3 is 2.21 bits per heavy atom. The summed E-state index contributed by atoms with van der Waals surface area (Å²) in [5.74, 6) is 0.976. The molecule has 0 heterocycles. The topological polar surface area (TPSA) is 67.9 Å². The molecule has 0 bridgehead atoms. The second-order valence-electron chi connectivity index (χ2n) is 7.17. The normalized spacial score (nSPS) is 11.7. The van der Waals surface area contributed by atoms with Gasteiger partial charge in [0.1, 0.15) is 17.5 Å². The van der Waals surface area contributed by atoms with Crippen LogP contribution in [0.1, 0.15) is 31.9 Å². The molecule has 2 amide bonds. The lowest BCUT2D eigenvalue weighted by Gasteiger charge is -2.30. The van der Waals surface area contributed by atoms with Crippen LogP contribution in [-0.2, 0) is 22.7 Å². The van der Waals surface area contributed by atoms with E-state index in [1.54, 1.807) is 26.0 Å². The molecule has 6 heteroatoms. The molecular weight excluding hydrogens is 368 g/mol. The Morgan fingerprint density at radius 2 is 1.62 bits per heavy atom. The van der Waals surface area contributed by atoms with Gasteiger partial charge in [0.15, 0.2) is 0 Å². The minimum Gasteiger partial charge on any atom is -0.497 e. The molecule has 0 spiro atoms. The largest absolute Gasteiger partial charge is 0.497 e. The maximum atomic E-state index is 12.8. The van der Waals surface area contributed by atoms with Crippen molar-refractivity contribution in [2.75, 3.05) is 14.2 Å². The molecule has 2 rings (SSSR count). The number of rotatable bonds is 9. The highest BCUT2D eigenvalue weighted by molar-refractivity contribution is 5.88. The highest BCUT2D eigenvalue weighted by Gasteiger charge is 2.27. The minimum atomic E-state index is -0.610. The van der Waals surface area contributed by atoms with E-state index in [0.717, 1.165) is 16.9 Å². The van der Waals surface area contributed by atoms with E-state index in [2.05, 4.69) is 5.32 Å². The SMILES string of the molecule is COc1ccc(CN(C(=O)C(C)C)[C@@H](C)C(=O)NCc2ccccc2OC)cc1. The number of carbonyl (C=O) groups is 2. The monoisotopic (exact) mass is 398 g/mol. The molecule has 0 saturated heterocycles. The number of nitrogens with zero attached hydrogens (tertiary/aromatic N) is 1. The van der Waals surface area contributed by atoms with Gasteiger partial charge in [0.05, 0.1) is 14.2 Å². The fraction of sp³-hybridized carbons (Fsp3) is 0.391. The summed E-state index contributed by atoms with van der Waals surface area (Å²) in [6.07, 6.45) is 0. The van der Waals surface area contributed by atoms with Crippen LogP contribution in [0.4, 0.5) is 0 Å². The predicted octanol–water partition coefficient (Wildman–Crippen LogP) is 3.39. The third-order valence-electron chi connectivity index (χ3n) is 4.78. The molecule has 0 aliphatic rings. The average Bonchev–Trinajstić information content (AvgIpc) is 2.75. The standard InChI is InChI=1S/C23H30N2O4/c1-16(2)23(27)25(15-18-10-12-20(28-4)13-11-18)17(3)22(26)24-14-19-8-6-7-9-21(19)29-5/h6-13,16-17H,14-15H2,1-5H3,(H,24,26)/t17-/m0/s1. The summed E-state index contributed by atoms with van der Waals surface area (Å²) >= 11 is 0. The van der Waals surface area contributed by atoms with Crippen molar-refractivity contribution in [1.82, 2.24) is 10.2 Å². The molecule has 1 atom stereocenters. The van der Waals surface area contributed by atoms with Crippen molar-refractivity contribution in [3.63, 3.8) is 0 Å². The number of hydrogen-bond acceptors (Lipinski definition) is 4. The molecule has 6 nitrogen and oxygen atoms in total. The zero-order valence-corrected chi connectivity index (χ0v) is 17.8. The second kappa shape index (κ2) is 10.5. The first kappa shape index (κ1) is 22.3. The number of benzene rings is 2. The van der Waals surface area contributed by atoms with Gasteiger partial charge in [-0.3, -0.25) is 9.59 Å². The van der Waals surface area contributed by atoms with Crippen LogP contribution in [0.25, 0.3) is 0 Å². The number of nitrogens with one attached hydrogen (secondary N) is 1. The van der Waals surface area contributed by atoms with E-state index in [4.69, 9.17) is 9.47 Å². The summed E-state index contributed by atoms with van der Waals surface area (Å²) in [5.41, 5.74) is 1.82. The summed E-state index contributed by atoms with van der Waals surface area (Å²) in [6, 6.07) is 14.4. The number of hydrogen-bond donors (Lipinski definition) is 1. The summed E-state index contributed by atoms with van der Waals surface area (Å²) in [6.45, 7) is 6.11. The van der Waals surface area contributed by atoms with Gasteiger partial charge in [-0.1, -0.05) is 44.2 Å². The van der Waals surface area contributed by atoms with Crippen molar-refractivity contribution >= 4 is 11.8 Å². The van der Waals surface area contributed by atoms with Gasteiger partial charge in [0.2, 0.25) is 11.8 Å². The third-order valence-corrected chi connectivity index (χ3v) is 4.78. The van der Waals surface area contributed by atoms with Crippen LogP contribution >= 0.6 is 0 Å². The number of methoxy groups -OCH3 is 2. The van der Waals surface area contributed by atoms with Crippen molar-refractivity contribution in [3.8, 4) is 11.5 Å². The van der Waals surface area contributed by atoms with E-state index in [0.29, 0.717) is 18.8 Å². The van der Waals surface area contributed by atoms with Crippen LogP contribution in [0.2, 0.25) is 0 Å². The number of carbonyl (C=O) groups excluding carboxylic acids is 2. The van der Waals surface area contributed by atoms with Gasteiger partial charge in [0.25, 0.3) is 0 Å². The molecule has 156 valence electrons. The summed E-state index contributed by atoms with van der Waals surface area (Å²) < 4.78 is 10.5. The first-order chi connectivity index (χ1) is 13.9. The zero-order valence-electron chi connectivity index (χ0n) is 17.8. The van der Waals surface area contributed by atoms with E-state index >= 15 is 0 Å². The Labute approximate surface area is 172 Å². The lowest BCUT2D eigenvalue weighted by atomic mass is 10.1. The number of para-hydroxylation sites is 1. The van der Waals surface area contributed by atoms with Gasteiger partial charge in [-0.2, -0.15) is 0 Å². The molecule has 0 aromatic heterocycles. The second-order valence-corrected chi connectivity index (χ2v) is 7.17. The van der Waals surface area contributed by atoms with E-state index in [9.17, 15) is 9.59 Å². The van der Waals surface area contributed by atoms with Gasteiger partial charge in [0, 0.05) is 24.6 Å². The minimum absolute atomic E-state index is 0.0687. The number of amides is 2. The van der Waals surface area contributed by atoms with E-state index in [1.807, 2.05) is 62.4 Å². The Kier molecular flexibility index (Phi) is 8.07. The van der Waals surface area contributed by atoms with Crippen molar-refractivity contribution in [1.29, 1.82) is 0 Å². The molecule has 0 aliphatic heterocycles. The Balaban J connectivity index is 2.11. The lowest BCUT2D eigenvalue weighted by molar-refractivity contribution is -0.143. The van der Waals surface area contributed by atoms with Crippen LogP contribution in [0.3, 0.4) is 0 Å². The maximum absolute atomic E-state index is 12.8. The first-order valence-electron chi connectivity index (χ1n) is 9.70. The highest BCUT2D eigenvalue weighted by atomic mass is 16.5. The predicted molar refractivity (Wildman–Crippen MR) is 113 cm³/mol. The quantitative estimate of drug-likeness (QED) is 0.703. The maximum Gasteiger partial charge on any atom is 0.242 e. The Bertz CT molecular complexity index is 818. The van der Waals surface area contributed by atoms with Crippen molar-refractivity contribution in [2.24, 2.45) is 5.92 Å². The highest BCUT2D eigenvalue weighted by Crippen LogP contribution is 2.18. The Morgan fingerprint density at radius 1 is 0.966 bits per heavy atom. The Hall–Kier alpha value is -3.02. The molecule has 0 radical (unpaired) electrons. The van der Waals surface area contributed by atoms with Crippen LogP contribution in [0, 0.1) is 5.92 Å². The summed E-state index contributed by atoms with van der Waals surface area (Å²) in [5, 5.41) is 2.92. The van der Waals surface area contributed by atoms with Crippen LogP contribution in [0.5, 0.6) is 11.5 Å². The van der Waals surface area contributed by atoms with Gasteiger partial charge < -0.3 is 19.7 Å². The number of ether oxygens (including phenoxy) is 2. The van der Waals surface area contributed by atoms with Gasteiger partial charge >= 0.3 is 0 Å². The molecule has 2 aromatic rings. The zero-order chi connectivity index (χ0) is 21.4. The average molecular weight is 399 g/mol. The molecular formula is C23H30N2O4. The molecule has 2 aromatic carbocycles. The van der Waals surface area contributed by atoms with E-state index in [-0.39, 0.29) is 17.7 Å². The summed E-state index contributed by atoms with van der Waals surface area (Å²) in [7, 11) is 3.21. The van der Waals surface area contributed by atoms with Gasteiger partial charge in [-0.25, -0.2) is 0 Å². The van der Waals surface area contributed by atoms with Crippen molar-refractivity contribution in [2.45, 2.75) is 39.9 Å². The fourth-order valence-electron chi connectivity index (χ4n) is 2.99. The van der Waals surface area contributed by atoms with Gasteiger partial charge in [-0.05, 0) is 30.7 Å². The van der Waals surface area contributed by atoms with E-state index < -0.39 is 6.04 Å². The van der Waals surface area contributed by atoms with E-state index in [1.165, 1.54) is 0 Å². The smallest absolute Gasteiger partial charge is 0.242 e. The molecule has 0 fully saturated rings. The van der Waals surface area contributed by atoms with Gasteiger partial charge in [-0.15, -0.1) is 0 Å². The fourth-order valence-corrected chi connectivity index (χ4v) is 2.99. The van der Waals surface area contributed by atoms with Crippen molar-refractivity contribution in [3.05, 3.63) is 59.7 Å². The summed E-state index contributed by atoms with van der Waals surface area (Å²) in [4.78, 5) is 27.2. The first-order valence-corrected chi connectivity index (χ1v) is 9.70. The molecule has 1 N–H and O–H groups in total. The lowest BCUT2D eigenvalue weighted by Crippen LogP contribution is -2.48.